The fourth-order valence-electron chi connectivity index (χ4n) is 3.60. The summed E-state index contributed by atoms with van der Waals surface area (Å²) in [7, 11) is 2.86. The first-order valence-corrected chi connectivity index (χ1v) is 9.31. The number of methoxy groups -OCH3 is 2. The highest BCUT2D eigenvalue weighted by Gasteiger charge is 2.26. The topological polar surface area (TPSA) is 83.0 Å². The molecule has 6 heteroatoms. The summed E-state index contributed by atoms with van der Waals surface area (Å²) >= 11 is 0. The molecule has 0 amide bonds. The van der Waals surface area contributed by atoms with Crippen LogP contribution >= 0.6 is 0 Å². The van der Waals surface area contributed by atoms with E-state index in [-0.39, 0.29) is 17.0 Å². The zero-order valence-electron chi connectivity index (χ0n) is 16.6. The number of hydrogen-bond acceptors (Lipinski definition) is 5. The molecule has 30 heavy (non-hydrogen) atoms. The van der Waals surface area contributed by atoms with E-state index in [4.69, 9.17) is 15.2 Å². The number of nitrogens with zero attached hydrogens (tertiary/aromatic N) is 1. The van der Waals surface area contributed by atoms with Crippen LogP contribution in [0.5, 0.6) is 5.75 Å². The predicted octanol–water partition coefficient (Wildman–Crippen LogP) is 4.21. The monoisotopic (exact) mass is 400 g/mol. The molecular weight excluding hydrogens is 380 g/mol. The molecule has 0 fully saturated rings. The zero-order valence-corrected chi connectivity index (χ0v) is 16.6. The zero-order chi connectivity index (χ0) is 21.3. The van der Waals surface area contributed by atoms with E-state index in [2.05, 4.69) is 0 Å². The Bertz CT molecular complexity index is 1260. The number of fused-ring (bicyclic) bond motifs is 1. The van der Waals surface area contributed by atoms with Gasteiger partial charge in [-0.1, -0.05) is 36.4 Å². The number of carbonyl (C=O) groups excluding carboxylic acids is 2. The van der Waals surface area contributed by atoms with Crippen molar-refractivity contribution in [3.05, 3.63) is 89.7 Å². The van der Waals surface area contributed by atoms with Gasteiger partial charge in [-0.25, -0.2) is 4.79 Å². The molecule has 0 aliphatic heterocycles. The average Bonchev–Trinajstić information content (AvgIpc) is 3.13. The number of carbonyl (C=O) groups is 2. The Balaban J connectivity index is 1.99. The van der Waals surface area contributed by atoms with Crippen molar-refractivity contribution in [2.75, 3.05) is 20.0 Å². The van der Waals surface area contributed by atoms with E-state index >= 15 is 0 Å². The summed E-state index contributed by atoms with van der Waals surface area (Å²) in [4.78, 5) is 25.7. The van der Waals surface area contributed by atoms with Gasteiger partial charge in [0.05, 0.1) is 30.9 Å². The summed E-state index contributed by atoms with van der Waals surface area (Å²) in [5, 5.41) is 0. The minimum Gasteiger partial charge on any atom is -0.494 e. The molecule has 2 aromatic carbocycles. The maximum Gasteiger partial charge on any atom is 0.339 e. The maximum atomic E-state index is 13.7. The Labute approximate surface area is 173 Å². The second kappa shape index (κ2) is 7.75. The van der Waals surface area contributed by atoms with E-state index in [9.17, 15) is 9.59 Å². The summed E-state index contributed by atoms with van der Waals surface area (Å²) in [6.45, 7) is 0. The molecule has 0 saturated heterocycles. The van der Waals surface area contributed by atoms with Crippen LogP contribution in [-0.4, -0.2) is 30.4 Å². The first kappa shape index (κ1) is 19.3. The normalized spacial score (nSPS) is 10.7. The van der Waals surface area contributed by atoms with Gasteiger partial charge in [-0.2, -0.15) is 0 Å². The third-order valence-corrected chi connectivity index (χ3v) is 5.00. The van der Waals surface area contributed by atoms with Crippen LogP contribution in [0.1, 0.15) is 26.4 Å². The van der Waals surface area contributed by atoms with Crippen molar-refractivity contribution in [3.8, 4) is 16.9 Å². The summed E-state index contributed by atoms with van der Waals surface area (Å²) < 4.78 is 12.3. The predicted molar refractivity (Wildman–Crippen MR) is 115 cm³/mol. The van der Waals surface area contributed by atoms with Gasteiger partial charge < -0.3 is 19.6 Å². The SMILES string of the molecule is COC(=O)c1cc(C(=O)c2c(-c3ccccc3)c(OC)c3ccccn23)ccc1N. The molecule has 0 spiro atoms. The summed E-state index contributed by atoms with van der Waals surface area (Å²) in [5.41, 5.74) is 9.38. The van der Waals surface area contributed by atoms with Crippen LogP contribution in [0.25, 0.3) is 16.6 Å². The number of aromatic nitrogens is 1. The highest BCUT2D eigenvalue weighted by Crippen LogP contribution is 2.40. The molecule has 2 heterocycles. The molecule has 2 aromatic heterocycles. The van der Waals surface area contributed by atoms with Gasteiger partial charge in [-0.3, -0.25) is 4.79 Å². The van der Waals surface area contributed by atoms with E-state index in [0.717, 1.165) is 11.1 Å². The maximum absolute atomic E-state index is 13.7. The van der Waals surface area contributed by atoms with Gasteiger partial charge in [0.25, 0.3) is 0 Å². The molecule has 0 atom stereocenters. The third-order valence-electron chi connectivity index (χ3n) is 5.00. The van der Waals surface area contributed by atoms with Crippen molar-refractivity contribution >= 4 is 23.0 Å². The number of benzene rings is 2. The lowest BCUT2D eigenvalue weighted by atomic mass is 9.98. The van der Waals surface area contributed by atoms with Gasteiger partial charge >= 0.3 is 5.97 Å². The van der Waals surface area contributed by atoms with Gasteiger partial charge in [0, 0.05) is 17.4 Å². The van der Waals surface area contributed by atoms with E-state index in [1.54, 1.807) is 17.6 Å². The quantitative estimate of drug-likeness (QED) is 0.308. The number of pyridine rings is 1. The summed E-state index contributed by atoms with van der Waals surface area (Å²) in [5.74, 6) is -0.250. The van der Waals surface area contributed by atoms with Gasteiger partial charge in [0.15, 0.2) is 5.75 Å². The molecule has 2 N–H and O–H groups in total. The van der Waals surface area contributed by atoms with E-state index in [1.165, 1.54) is 19.2 Å². The molecule has 0 saturated carbocycles. The molecule has 150 valence electrons. The molecule has 0 bridgehead atoms. The van der Waals surface area contributed by atoms with Crippen LogP contribution in [0, 0.1) is 0 Å². The van der Waals surface area contributed by atoms with Crippen LogP contribution in [0.4, 0.5) is 5.69 Å². The van der Waals surface area contributed by atoms with Crippen LogP contribution in [0.15, 0.2) is 72.9 Å². The minimum atomic E-state index is -0.594. The van der Waals surface area contributed by atoms with Gasteiger partial charge in [-0.15, -0.1) is 0 Å². The van der Waals surface area contributed by atoms with Crippen molar-refractivity contribution in [2.24, 2.45) is 0 Å². The second-order valence-corrected chi connectivity index (χ2v) is 6.70. The number of ketones is 1. The Hall–Kier alpha value is -4.06. The van der Waals surface area contributed by atoms with E-state index in [1.807, 2.05) is 54.7 Å². The van der Waals surface area contributed by atoms with Crippen molar-refractivity contribution in [1.82, 2.24) is 4.40 Å². The van der Waals surface area contributed by atoms with Crippen molar-refractivity contribution < 1.29 is 19.1 Å². The molecule has 4 aromatic rings. The molecule has 0 aliphatic rings. The van der Waals surface area contributed by atoms with Gasteiger partial charge in [0.1, 0.15) is 5.69 Å². The second-order valence-electron chi connectivity index (χ2n) is 6.70. The Kier molecular flexibility index (Phi) is 4.98. The summed E-state index contributed by atoms with van der Waals surface area (Å²) in [6.07, 6.45) is 1.82. The molecule has 0 aliphatic carbocycles. The average molecular weight is 400 g/mol. The number of rotatable bonds is 5. The smallest absolute Gasteiger partial charge is 0.339 e. The largest absolute Gasteiger partial charge is 0.494 e. The molecular formula is C24H20N2O4. The molecule has 6 nitrogen and oxygen atoms in total. The Morgan fingerprint density at radius 2 is 1.67 bits per heavy atom. The first-order chi connectivity index (χ1) is 14.6. The number of nitrogens with two attached hydrogens (primary N) is 1. The van der Waals surface area contributed by atoms with Gasteiger partial charge in [-0.05, 0) is 35.9 Å². The standard InChI is InChI=1S/C24H20N2O4/c1-29-23-19-10-6-7-13-26(19)21(20(23)15-8-4-3-5-9-15)22(27)16-11-12-18(25)17(14-16)24(28)30-2/h3-14H,25H2,1-2H3. The number of ether oxygens (including phenoxy) is 2. The van der Waals surface area contributed by atoms with Crippen LogP contribution in [-0.2, 0) is 4.74 Å². The number of hydrogen-bond donors (Lipinski definition) is 1. The third kappa shape index (κ3) is 3.08. The van der Waals surface area contributed by atoms with Crippen LogP contribution in [0.2, 0.25) is 0 Å². The Morgan fingerprint density at radius 3 is 2.37 bits per heavy atom. The van der Waals surface area contributed by atoms with E-state index < -0.39 is 5.97 Å². The number of esters is 1. The lowest BCUT2D eigenvalue weighted by Gasteiger charge is -2.09. The minimum absolute atomic E-state index is 0.150. The fourth-order valence-corrected chi connectivity index (χ4v) is 3.60. The van der Waals surface area contributed by atoms with Crippen molar-refractivity contribution in [2.45, 2.75) is 0 Å². The Morgan fingerprint density at radius 1 is 0.933 bits per heavy atom. The summed E-state index contributed by atoms with van der Waals surface area (Å²) in [6, 6.07) is 19.8. The first-order valence-electron chi connectivity index (χ1n) is 9.31. The van der Waals surface area contributed by atoms with Crippen molar-refractivity contribution in [1.29, 1.82) is 0 Å². The fraction of sp³-hybridized carbons (Fsp3) is 0.0833. The number of nitrogen functional groups attached to an aromatic ring is 1. The van der Waals surface area contributed by atoms with Crippen molar-refractivity contribution in [3.63, 3.8) is 0 Å². The highest BCUT2D eigenvalue weighted by atomic mass is 16.5. The lowest BCUT2D eigenvalue weighted by molar-refractivity contribution is 0.0602. The van der Waals surface area contributed by atoms with E-state index in [0.29, 0.717) is 22.6 Å². The molecule has 0 unspecified atom stereocenters. The van der Waals surface area contributed by atoms with Crippen LogP contribution < -0.4 is 10.5 Å². The lowest BCUT2D eigenvalue weighted by Crippen LogP contribution is -2.11. The number of anilines is 1. The molecule has 4 rings (SSSR count). The van der Waals surface area contributed by atoms with Gasteiger partial charge in [0.2, 0.25) is 5.78 Å². The molecule has 0 radical (unpaired) electrons. The highest BCUT2D eigenvalue weighted by molar-refractivity contribution is 6.15. The van der Waals surface area contributed by atoms with Crippen LogP contribution in [0.3, 0.4) is 0 Å².